The third-order valence-corrected chi connectivity index (χ3v) is 9.26. The predicted octanol–water partition coefficient (Wildman–Crippen LogP) is 0.714. The van der Waals surface area contributed by atoms with Gasteiger partial charge in [-0.15, -0.1) is 0 Å². The first-order valence-corrected chi connectivity index (χ1v) is 20.7. The summed E-state index contributed by atoms with van der Waals surface area (Å²) in [4.78, 5) is 92.3. The SMILES string of the molecule is COCCOCCOCC(=O)Nc1cc(C(=O)N[C@@H](CCCCN)C(=O)N[C@@H](CC(C)C)C(=O)N[C@H](C(=O)N[C@@H](Cc2ccccc2)C(=O)Nc2cc(C(=O)O)[nH]n2)C(C)C)[nH]n1. The maximum atomic E-state index is 14.0. The van der Waals surface area contributed by atoms with Crippen LogP contribution in [0.15, 0.2) is 42.5 Å². The van der Waals surface area contributed by atoms with E-state index in [0.717, 1.165) is 6.07 Å². The number of hydrogen-bond donors (Lipinski definition) is 10. The average Bonchev–Trinajstić information content (AvgIpc) is 3.92. The number of carboxylic acid groups (broad SMARTS) is 1. The van der Waals surface area contributed by atoms with Crippen LogP contribution in [0.2, 0.25) is 0 Å². The van der Waals surface area contributed by atoms with Crippen molar-refractivity contribution in [1.29, 1.82) is 0 Å². The van der Waals surface area contributed by atoms with E-state index in [-0.39, 0.29) is 68.0 Å². The number of carbonyl (C=O) groups is 7. The summed E-state index contributed by atoms with van der Waals surface area (Å²) in [5.74, 6) is -5.81. The molecule has 0 aliphatic carbocycles. The minimum absolute atomic E-state index is 0.0469. The number of H-pyrrole nitrogens is 2. The number of amides is 6. The normalized spacial score (nSPS) is 13.1. The summed E-state index contributed by atoms with van der Waals surface area (Å²) in [6, 6.07) is 6.70. The largest absolute Gasteiger partial charge is 0.477 e. The molecule has 2 aromatic heterocycles. The number of carboxylic acids is 1. The second-order valence-corrected chi connectivity index (χ2v) is 15.3. The van der Waals surface area contributed by atoms with Crippen molar-refractivity contribution < 1.29 is 52.9 Å². The first-order chi connectivity index (χ1) is 30.1. The second kappa shape index (κ2) is 27.0. The van der Waals surface area contributed by atoms with Gasteiger partial charge in [0.25, 0.3) is 11.8 Å². The van der Waals surface area contributed by atoms with Gasteiger partial charge in [0.15, 0.2) is 11.6 Å². The van der Waals surface area contributed by atoms with Crippen LogP contribution in [0, 0.1) is 11.8 Å². The molecule has 0 aliphatic rings. The fraction of sp³-hybridized carbons (Fsp3) is 0.537. The van der Waals surface area contributed by atoms with Crippen LogP contribution in [0.4, 0.5) is 11.6 Å². The summed E-state index contributed by atoms with van der Waals surface area (Å²) in [6.45, 7) is 8.45. The quantitative estimate of drug-likeness (QED) is 0.0430. The molecule has 3 rings (SSSR count). The Morgan fingerprint density at radius 3 is 1.97 bits per heavy atom. The average molecular weight is 884 g/mol. The number of benzene rings is 1. The van der Waals surface area contributed by atoms with Gasteiger partial charge in [-0.05, 0) is 49.6 Å². The Morgan fingerprint density at radius 2 is 1.33 bits per heavy atom. The highest BCUT2D eigenvalue weighted by Crippen LogP contribution is 2.14. The van der Waals surface area contributed by atoms with Crippen LogP contribution in [0.25, 0.3) is 0 Å². The topological polar surface area (TPSA) is 323 Å². The Kier molecular flexibility index (Phi) is 21.9. The molecule has 0 saturated heterocycles. The summed E-state index contributed by atoms with van der Waals surface area (Å²) < 4.78 is 15.5. The van der Waals surface area contributed by atoms with Crippen LogP contribution in [-0.2, 0) is 44.6 Å². The third kappa shape index (κ3) is 18.3. The molecular weight excluding hydrogens is 823 g/mol. The Labute approximate surface area is 365 Å². The van der Waals surface area contributed by atoms with Gasteiger partial charge in [-0.2, -0.15) is 10.2 Å². The van der Waals surface area contributed by atoms with Crippen molar-refractivity contribution in [2.24, 2.45) is 17.6 Å². The van der Waals surface area contributed by atoms with Crippen LogP contribution in [0.1, 0.15) is 79.9 Å². The Hall–Kier alpha value is -6.23. The lowest BCUT2D eigenvalue weighted by Gasteiger charge is -2.28. The number of nitrogens with one attached hydrogen (secondary N) is 8. The van der Waals surface area contributed by atoms with Crippen molar-refractivity contribution in [2.75, 3.05) is 57.3 Å². The number of nitrogens with zero attached hydrogens (tertiary/aromatic N) is 2. The van der Waals surface area contributed by atoms with Crippen molar-refractivity contribution >= 4 is 53.0 Å². The summed E-state index contributed by atoms with van der Waals surface area (Å²) in [7, 11) is 1.56. The van der Waals surface area contributed by atoms with Gasteiger partial charge in [0.05, 0.1) is 26.4 Å². The van der Waals surface area contributed by atoms with E-state index in [0.29, 0.717) is 38.2 Å². The molecule has 0 aliphatic heterocycles. The number of nitrogens with two attached hydrogens (primary N) is 1. The van der Waals surface area contributed by atoms with E-state index in [1.807, 2.05) is 13.8 Å². The monoisotopic (exact) mass is 883 g/mol. The number of unbranched alkanes of at least 4 members (excludes halogenated alkanes) is 1. The van der Waals surface area contributed by atoms with E-state index in [1.54, 1.807) is 51.3 Å². The molecule has 0 radical (unpaired) electrons. The van der Waals surface area contributed by atoms with E-state index < -0.39 is 71.5 Å². The summed E-state index contributed by atoms with van der Waals surface area (Å²) in [5.41, 5.74) is 6.11. The molecule has 63 heavy (non-hydrogen) atoms. The smallest absolute Gasteiger partial charge is 0.353 e. The standard InChI is InChI=1S/C41H61N11O11/c1-24(2)19-28(44-36(54)27(13-9-10-14-42)43-39(57)30-21-32(51-49-30)46-34(53)23-63-18-17-62-16-15-61-5)38(56)48-35(25(3)4)40(58)45-29(20-26-11-7-6-8-12-26)37(55)47-33-22-31(41(59)60)50-52-33/h6-8,11-12,21-22,24-25,27-29,35H,9-10,13-20,23,42H2,1-5H3,(H,43,57)(H,44,54)(H,45,58)(H,48,56)(H,59,60)(H2,46,49,51,53)(H2,47,50,52,55)/t27-,28-,29-,35-/m0/s1. The molecule has 346 valence electrons. The molecule has 0 spiro atoms. The predicted molar refractivity (Wildman–Crippen MR) is 229 cm³/mol. The van der Waals surface area contributed by atoms with Crippen LogP contribution in [0.5, 0.6) is 0 Å². The molecule has 22 nitrogen and oxygen atoms in total. The number of ether oxygens (including phenoxy) is 3. The summed E-state index contributed by atoms with van der Waals surface area (Å²) >= 11 is 0. The van der Waals surface area contributed by atoms with Gasteiger partial charge in [0.2, 0.25) is 23.6 Å². The number of hydrogen-bond acceptors (Lipinski definition) is 13. The van der Waals surface area contributed by atoms with Gasteiger partial charge < -0.3 is 57.0 Å². The maximum absolute atomic E-state index is 14.0. The van der Waals surface area contributed by atoms with Crippen molar-refractivity contribution in [1.82, 2.24) is 41.7 Å². The lowest BCUT2D eigenvalue weighted by Crippen LogP contribution is -2.59. The molecular formula is C41H61N11O11. The number of rotatable bonds is 29. The molecule has 0 unspecified atom stereocenters. The van der Waals surface area contributed by atoms with Crippen molar-refractivity contribution in [3.8, 4) is 0 Å². The molecule has 4 atom stereocenters. The van der Waals surface area contributed by atoms with Crippen molar-refractivity contribution in [2.45, 2.75) is 84.0 Å². The Morgan fingerprint density at radius 1 is 0.714 bits per heavy atom. The highest BCUT2D eigenvalue weighted by Gasteiger charge is 2.33. The molecule has 1 aromatic carbocycles. The third-order valence-electron chi connectivity index (χ3n) is 9.26. The van der Waals surface area contributed by atoms with Crippen molar-refractivity contribution in [3.05, 3.63) is 59.4 Å². The highest BCUT2D eigenvalue weighted by atomic mass is 16.5. The van der Waals surface area contributed by atoms with Crippen LogP contribution >= 0.6 is 0 Å². The Balaban J connectivity index is 1.70. The number of aromatic carboxylic acids is 1. The molecule has 6 amide bonds. The second-order valence-electron chi connectivity index (χ2n) is 15.3. The van der Waals surface area contributed by atoms with Gasteiger partial charge in [0.1, 0.15) is 42.2 Å². The molecule has 0 bridgehead atoms. The molecule has 11 N–H and O–H groups in total. The zero-order valence-electron chi connectivity index (χ0n) is 36.3. The van der Waals surface area contributed by atoms with Crippen LogP contribution in [0.3, 0.4) is 0 Å². The van der Waals surface area contributed by atoms with Gasteiger partial charge in [0, 0.05) is 25.7 Å². The Bertz CT molecular complexity index is 1940. The van der Waals surface area contributed by atoms with Gasteiger partial charge in [-0.3, -0.25) is 39.0 Å². The lowest BCUT2D eigenvalue weighted by molar-refractivity contribution is -0.134. The number of aromatic amines is 2. The first kappa shape index (κ1) is 51.1. The minimum Gasteiger partial charge on any atom is -0.477 e. The fourth-order valence-electron chi connectivity index (χ4n) is 6.00. The summed E-state index contributed by atoms with van der Waals surface area (Å²) in [5, 5.41) is 37.8. The first-order valence-electron chi connectivity index (χ1n) is 20.7. The number of aromatic nitrogens is 4. The van der Waals surface area contributed by atoms with Crippen LogP contribution in [-0.4, -0.2) is 138 Å². The lowest BCUT2D eigenvalue weighted by atomic mass is 9.98. The van der Waals surface area contributed by atoms with Crippen molar-refractivity contribution in [3.63, 3.8) is 0 Å². The zero-order valence-corrected chi connectivity index (χ0v) is 36.3. The molecule has 0 fully saturated rings. The summed E-state index contributed by atoms with van der Waals surface area (Å²) in [6.07, 6.45) is 1.41. The zero-order chi connectivity index (χ0) is 46.3. The molecule has 3 aromatic rings. The molecule has 2 heterocycles. The van der Waals surface area contributed by atoms with E-state index in [1.165, 1.54) is 6.07 Å². The number of methoxy groups -OCH3 is 1. The van der Waals surface area contributed by atoms with E-state index in [2.05, 4.69) is 52.3 Å². The number of carbonyl (C=O) groups excluding carboxylic acids is 6. The minimum atomic E-state index is -1.28. The van der Waals surface area contributed by atoms with Gasteiger partial charge in [-0.1, -0.05) is 58.0 Å². The van der Waals surface area contributed by atoms with E-state index >= 15 is 0 Å². The van der Waals surface area contributed by atoms with E-state index in [4.69, 9.17) is 19.9 Å². The highest BCUT2D eigenvalue weighted by molar-refractivity contribution is 6.00. The maximum Gasteiger partial charge on any atom is 0.353 e. The van der Waals surface area contributed by atoms with Gasteiger partial charge >= 0.3 is 5.97 Å². The van der Waals surface area contributed by atoms with E-state index in [9.17, 15) is 38.7 Å². The van der Waals surface area contributed by atoms with Gasteiger partial charge in [-0.25, -0.2) is 4.79 Å². The molecule has 22 heteroatoms. The molecule has 0 saturated carbocycles. The van der Waals surface area contributed by atoms with Crippen LogP contribution < -0.4 is 37.6 Å². The fourth-order valence-corrected chi connectivity index (χ4v) is 6.00. The number of anilines is 2.